The number of benzene rings is 1. The summed E-state index contributed by atoms with van der Waals surface area (Å²) in [7, 11) is 0. The van der Waals surface area contributed by atoms with Crippen LogP contribution in [0.5, 0.6) is 5.75 Å². The second-order valence-electron chi connectivity index (χ2n) is 5.62. The van der Waals surface area contributed by atoms with Crippen LogP contribution < -0.4 is 10.1 Å². The Morgan fingerprint density at radius 1 is 1.21 bits per heavy atom. The molecule has 102 valence electrons. The Balaban J connectivity index is 1.62. The molecule has 1 N–H and O–H groups in total. The van der Waals surface area contributed by atoms with Gasteiger partial charge in [0, 0.05) is 12.5 Å². The molecule has 0 spiro atoms. The number of ether oxygens (including phenoxy) is 1. The summed E-state index contributed by atoms with van der Waals surface area (Å²) in [5.41, 5.74) is 1.19. The molecule has 0 saturated heterocycles. The molecule has 0 bridgehead atoms. The van der Waals surface area contributed by atoms with Crippen LogP contribution in [0.3, 0.4) is 0 Å². The minimum Gasteiger partial charge on any atom is -0.493 e. The predicted molar refractivity (Wildman–Crippen MR) is 74.3 cm³/mol. The van der Waals surface area contributed by atoms with Crippen molar-refractivity contribution in [3.63, 3.8) is 0 Å². The molecule has 0 radical (unpaired) electrons. The minimum absolute atomic E-state index is 0.202. The average molecular weight is 259 g/mol. The molecule has 1 aromatic carbocycles. The van der Waals surface area contributed by atoms with Crippen LogP contribution >= 0.6 is 0 Å². The molecule has 1 saturated carbocycles. The first kappa shape index (κ1) is 12.5. The summed E-state index contributed by atoms with van der Waals surface area (Å²) in [5, 5.41) is 3.18. The van der Waals surface area contributed by atoms with Gasteiger partial charge in [-0.2, -0.15) is 0 Å². The van der Waals surface area contributed by atoms with Gasteiger partial charge in [0.2, 0.25) is 5.91 Å². The van der Waals surface area contributed by atoms with E-state index in [1.54, 1.807) is 0 Å². The van der Waals surface area contributed by atoms with E-state index in [9.17, 15) is 4.79 Å². The first-order valence-corrected chi connectivity index (χ1v) is 7.34. The monoisotopic (exact) mass is 259 g/mol. The topological polar surface area (TPSA) is 38.3 Å². The summed E-state index contributed by atoms with van der Waals surface area (Å²) in [5.74, 6) is 1.47. The van der Waals surface area contributed by atoms with Gasteiger partial charge < -0.3 is 10.1 Å². The van der Waals surface area contributed by atoms with Crippen molar-refractivity contribution < 1.29 is 9.53 Å². The zero-order chi connectivity index (χ0) is 13.1. The standard InChI is InChI=1S/C16H21NO2/c18-16(17-13-5-1-2-6-13)11-12-9-10-19-15-8-4-3-7-14(12)15/h3-4,7-8,12-13H,1-2,5-6,9-11H2,(H,17,18). The molecule has 1 heterocycles. The van der Waals surface area contributed by atoms with Crippen LogP contribution in [0.15, 0.2) is 24.3 Å². The Bertz CT molecular complexity index is 452. The van der Waals surface area contributed by atoms with Crippen LogP contribution in [0.2, 0.25) is 0 Å². The Kier molecular flexibility index (Phi) is 3.72. The lowest BCUT2D eigenvalue weighted by Gasteiger charge is -2.26. The molecule has 1 amide bonds. The molecule has 19 heavy (non-hydrogen) atoms. The second kappa shape index (κ2) is 5.64. The SMILES string of the molecule is O=C(CC1CCOc2ccccc21)NC1CCCC1. The molecule has 3 nitrogen and oxygen atoms in total. The number of hydrogen-bond acceptors (Lipinski definition) is 2. The van der Waals surface area contributed by atoms with E-state index in [2.05, 4.69) is 11.4 Å². The molecule has 3 heteroatoms. The minimum atomic E-state index is 0.202. The Morgan fingerprint density at radius 3 is 2.84 bits per heavy atom. The lowest BCUT2D eigenvalue weighted by atomic mass is 9.90. The summed E-state index contributed by atoms with van der Waals surface area (Å²) >= 11 is 0. The van der Waals surface area contributed by atoms with Crippen molar-refractivity contribution in [3.05, 3.63) is 29.8 Å². The lowest BCUT2D eigenvalue weighted by Crippen LogP contribution is -2.34. The van der Waals surface area contributed by atoms with Crippen molar-refractivity contribution in [2.75, 3.05) is 6.61 Å². The van der Waals surface area contributed by atoms with Crippen molar-refractivity contribution in [3.8, 4) is 5.75 Å². The van der Waals surface area contributed by atoms with E-state index in [1.807, 2.05) is 18.2 Å². The van der Waals surface area contributed by atoms with Gasteiger partial charge in [-0.3, -0.25) is 4.79 Å². The van der Waals surface area contributed by atoms with Gasteiger partial charge in [-0.25, -0.2) is 0 Å². The maximum absolute atomic E-state index is 12.1. The number of rotatable bonds is 3. The molecular formula is C16H21NO2. The molecular weight excluding hydrogens is 238 g/mol. The molecule has 1 atom stereocenters. The molecule has 1 unspecified atom stereocenters. The van der Waals surface area contributed by atoms with Crippen LogP contribution in [0, 0.1) is 0 Å². The van der Waals surface area contributed by atoms with E-state index in [4.69, 9.17) is 4.74 Å². The van der Waals surface area contributed by atoms with Gasteiger partial charge in [0.15, 0.2) is 0 Å². The maximum atomic E-state index is 12.1. The molecule has 1 aromatic rings. The van der Waals surface area contributed by atoms with Gasteiger partial charge in [0.1, 0.15) is 5.75 Å². The molecule has 1 aliphatic heterocycles. The van der Waals surface area contributed by atoms with E-state index >= 15 is 0 Å². The third-order valence-electron chi connectivity index (χ3n) is 4.23. The van der Waals surface area contributed by atoms with E-state index in [0.29, 0.717) is 18.4 Å². The number of fused-ring (bicyclic) bond motifs is 1. The maximum Gasteiger partial charge on any atom is 0.220 e. The summed E-state index contributed by atoms with van der Waals surface area (Å²) in [4.78, 5) is 12.1. The average Bonchev–Trinajstić information content (AvgIpc) is 2.92. The summed E-state index contributed by atoms with van der Waals surface area (Å²) < 4.78 is 5.64. The number of carbonyl (C=O) groups is 1. The van der Waals surface area contributed by atoms with Gasteiger partial charge >= 0.3 is 0 Å². The van der Waals surface area contributed by atoms with Gasteiger partial charge in [-0.05, 0) is 36.8 Å². The highest BCUT2D eigenvalue weighted by Gasteiger charge is 2.25. The number of carbonyl (C=O) groups excluding carboxylic acids is 1. The summed E-state index contributed by atoms with van der Waals surface area (Å²) in [6.45, 7) is 0.721. The van der Waals surface area contributed by atoms with Crippen molar-refractivity contribution in [1.82, 2.24) is 5.32 Å². The highest BCUT2D eigenvalue weighted by atomic mass is 16.5. The van der Waals surface area contributed by atoms with Crippen LogP contribution in [-0.4, -0.2) is 18.6 Å². The first-order valence-electron chi connectivity index (χ1n) is 7.34. The number of para-hydroxylation sites is 1. The van der Waals surface area contributed by atoms with Gasteiger partial charge in [0.05, 0.1) is 6.61 Å². The van der Waals surface area contributed by atoms with Gasteiger partial charge in [-0.1, -0.05) is 31.0 Å². The molecule has 1 aliphatic carbocycles. The smallest absolute Gasteiger partial charge is 0.220 e. The normalized spacial score (nSPS) is 22.6. The highest BCUT2D eigenvalue weighted by Crippen LogP contribution is 2.35. The van der Waals surface area contributed by atoms with Crippen molar-refractivity contribution in [2.45, 2.75) is 50.5 Å². The molecule has 0 aromatic heterocycles. The number of hydrogen-bond donors (Lipinski definition) is 1. The Hall–Kier alpha value is -1.51. The Morgan fingerprint density at radius 2 is 2.00 bits per heavy atom. The van der Waals surface area contributed by atoms with Crippen molar-refractivity contribution in [1.29, 1.82) is 0 Å². The van der Waals surface area contributed by atoms with Crippen LogP contribution in [0.1, 0.15) is 50.0 Å². The summed E-state index contributed by atoms with van der Waals surface area (Å²) in [6, 6.07) is 8.51. The molecule has 2 aliphatic rings. The molecule has 1 fully saturated rings. The van der Waals surface area contributed by atoms with Gasteiger partial charge in [-0.15, -0.1) is 0 Å². The highest BCUT2D eigenvalue weighted by molar-refractivity contribution is 5.77. The van der Waals surface area contributed by atoms with E-state index in [-0.39, 0.29) is 5.91 Å². The fraction of sp³-hybridized carbons (Fsp3) is 0.562. The van der Waals surface area contributed by atoms with E-state index in [0.717, 1.165) is 31.6 Å². The Labute approximate surface area is 114 Å². The fourth-order valence-electron chi connectivity index (χ4n) is 3.21. The largest absolute Gasteiger partial charge is 0.493 e. The van der Waals surface area contributed by atoms with Crippen LogP contribution in [0.25, 0.3) is 0 Å². The zero-order valence-electron chi connectivity index (χ0n) is 11.2. The van der Waals surface area contributed by atoms with Crippen LogP contribution in [-0.2, 0) is 4.79 Å². The van der Waals surface area contributed by atoms with Crippen molar-refractivity contribution >= 4 is 5.91 Å². The van der Waals surface area contributed by atoms with E-state index in [1.165, 1.54) is 18.4 Å². The second-order valence-corrected chi connectivity index (χ2v) is 5.62. The van der Waals surface area contributed by atoms with Crippen LogP contribution in [0.4, 0.5) is 0 Å². The zero-order valence-corrected chi connectivity index (χ0v) is 11.2. The first-order chi connectivity index (χ1) is 9.33. The quantitative estimate of drug-likeness (QED) is 0.906. The fourth-order valence-corrected chi connectivity index (χ4v) is 3.21. The third kappa shape index (κ3) is 2.91. The lowest BCUT2D eigenvalue weighted by molar-refractivity contribution is -0.122. The third-order valence-corrected chi connectivity index (χ3v) is 4.23. The van der Waals surface area contributed by atoms with Crippen molar-refractivity contribution in [2.24, 2.45) is 0 Å². The number of nitrogens with one attached hydrogen (secondary N) is 1. The number of amides is 1. The molecule has 3 rings (SSSR count). The van der Waals surface area contributed by atoms with Gasteiger partial charge in [0.25, 0.3) is 0 Å². The summed E-state index contributed by atoms with van der Waals surface area (Å²) in [6.07, 6.45) is 6.34. The van der Waals surface area contributed by atoms with E-state index < -0.39 is 0 Å². The predicted octanol–water partition coefficient (Wildman–Crippen LogP) is 3.00.